The van der Waals surface area contributed by atoms with Crippen LogP contribution >= 0.6 is 0 Å². The first-order valence-corrected chi connectivity index (χ1v) is 7.53. The molecule has 0 aromatic heterocycles. The molecule has 0 fully saturated rings. The molecule has 0 aliphatic carbocycles. The average molecular weight is 277 g/mol. The fraction of sp³-hybridized carbons (Fsp3) is 0.588. The Labute approximate surface area is 122 Å². The van der Waals surface area contributed by atoms with Gasteiger partial charge in [-0.15, -0.1) is 0 Å². The third-order valence-corrected chi connectivity index (χ3v) is 3.40. The van der Waals surface area contributed by atoms with E-state index in [-0.39, 0.29) is 5.97 Å². The first-order valence-electron chi connectivity index (χ1n) is 7.53. The number of nitrogen functional groups attached to an aromatic ring is 1. The zero-order chi connectivity index (χ0) is 15.0. The minimum atomic E-state index is -0.412. The SMILES string of the molecule is CCCCCCCC(C)(C)OC(=O)c1ccc(N)cc1. The van der Waals surface area contributed by atoms with Crippen molar-refractivity contribution in [2.45, 2.75) is 64.9 Å². The van der Waals surface area contributed by atoms with Gasteiger partial charge in [0.15, 0.2) is 0 Å². The second-order valence-electron chi connectivity index (χ2n) is 5.94. The zero-order valence-corrected chi connectivity index (χ0v) is 12.9. The van der Waals surface area contributed by atoms with Crippen LogP contribution in [0.3, 0.4) is 0 Å². The van der Waals surface area contributed by atoms with E-state index in [1.807, 2.05) is 13.8 Å². The van der Waals surface area contributed by atoms with Crippen LogP contribution in [0.2, 0.25) is 0 Å². The summed E-state index contributed by atoms with van der Waals surface area (Å²) in [5.41, 5.74) is 6.40. The zero-order valence-electron chi connectivity index (χ0n) is 12.9. The van der Waals surface area contributed by atoms with Crippen molar-refractivity contribution in [3.63, 3.8) is 0 Å². The second kappa shape index (κ2) is 7.93. The van der Waals surface area contributed by atoms with E-state index >= 15 is 0 Å². The highest BCUT2D eigenvalue weighted by Gasteiger charge is 2.23. The molecule has 0 saturated heterocycles. The fourth-order valence-corrected chi connectivity index (χ4v) is 2.13. The molecular formula is C17H27NO2. The number of carbonyl (C=O) groups excluding carboxylic acids is 1. The van der Waals surface area contributed by atoms with Crippen molar-refractivity contribution in [2.75, 3.05) is 5.73 Å². The van der Waals surface area contributed by atoms with Crippen LogP contribution < -0.4 is 5.73 Å². The minimum Gasteiger partial charge on any atom is -0.456 e. The molecule has 112 valence electrons. The monoisotopic (exact) mass is 277 g/mol. The molecule has 0 aliphatic rings. The van der Waals surface area contributed by atoms with Gasteiger partial charge in [0.1, 0.15) is 5.60 Å². The topological polar surface area (TPSA) is 52.3 Å². The number of unbranched alkanes of at least 4 members (excludes halogenated alkanes) is 4. The van der Waals surface area contributed by atoms with Crippen LogP contribution in [0.5, 0.6) is 0 Å². The highest BCUT2D eigenvalue weighted by Crippen LogP contribution is 2.21. The second-order valence-corrected chi connectivity index (χ2v) is 5.94. The van der Waals surface area contributed by atoms with Gasteiger partial charge < -0.3 is 10.5 Å². The Kier molecular flexibility index (Phi) is 6.56. The van der Waals surface area contributed by atoms with Crippen LogP contribution in [0.1, 0.15) is 69.7 Å². The molecule has 20 heavy (non-hydrogen) atoms. The lowest BCUT2D eigenvalue weighted by Crippen LogP contribution is -2.28. The Morgan fingerprint density at radius 1 is 1.10 bits per heavy atom. The molecule has 0 radical (unpaired) electrons. The van der Waals surface area contributed by atoms with Crippen LogP contribution in [0, 0.1) is 0 Å². The van der Waals surface area contributed by atoms with Crippen LogP contribution in [0.25, 0.3) is 0 Å². The number of anilines is 1. The van der Waals surface area contributed by atoms with Crippen molar-refractivity contribution < 1.29 is 9.53 Å². The molecule has 1 rings (SSSR count). The minimum absolute atomic E-state index is 0.274. The summed E-state index contributed by atoms with van der Waals surface area (Å²) >= 11 is 0. The highest BCUT2D eigenvalue weighted by atomic mass is 16.6. The Balaban J connectivity index is 2.40. The summed E-state index contributed by atoms with van der Waals surface area (Å²) in [5, 5.41) is 0. The summed E-state index contributed by atoms with van der Waals surface area (Å²) in [6.45, 7) is 6.16. The maximum atomic E-state index is 12.0. The number of esters is 1. The van der Waals surface area contributed by atoms with E-state index in [1.54, 1.807) is 24.3 Å². The molecule has 1 aromatic carbocycles. The number of hydrogen-bond acceptors (Lipinski definition) is 3. The summed E-state index contributed by atoms with van der Waals surface area (Å²) in [4.78, 5) is 12.0. The molecule has 3 heteroatoms. The molecule has 0 spiro atoms. The van der Waals surface area contributed by atoms with Gasteiger partial charge in [0.25, 0.3) is 0 Å². The number of ether oxygens (including phenoxy) is 1. The molecule has 0 saturated carbocycles. The van der Waals surface area contributed by atoms with Gasteiger partial charge in [-0.2, -0.15) is 0 Å². The number of hydrogen-bond donors (Lipinski definition) is 1. The Hall–Kier alpha value is -1.51. The van der Waals surface area contributed by atoms with E-state index in [2.05, 4.69) is 6.92 Å². The molecular weight excluding hydrogens is 250 g/mol. The van der Waals surface area contributed by atoms with Gasteiger partial charge in [-0.05, 0) is 51.0 Å². The quantitative estimate of drug-likeness (QED) is 0.430. The lowest BCUT2D eigenvalue weighted by Gasteiger charge is -2.25. The molecule has 1 aromatic rings. The molecule has 3 nitrogen and oxygen atoms in total. The summed E-state index contributed by atoms with van der Waals surface area (Å²) < 4.78 is 5.59. The van der Waals surface area contributed by atoms with Crippen LogP contribution in [0.4, 0.5) is 5.69 Å². The number of rotatable bonds is 8. The van der Waals surface area contributed by atoms with E-state index in [9.17, 15) is 4.79 Å². The van der Waals surface area contributed by atoms with Crippen LogP contribution in [0.15, 0.2) is 24.3 Å². The van der Waals surface area contributed by atoms with Crippen molar-refractivity contribution >= 4 is 11.7 Å². The normalized spacial score (nSPS) is 11.3. The van der Waals surface area contributed by atoms with Crippen molar-refractivity contribution in [1.82, 2.24) is 0 Å². The van der Waals surface area contributed by atoms with Gasteiger partial charge >= 0.3 is 5.97 Å². The number of benzene rings is 1. The summed E-state index contributed by atoms with van der Waals surface area (Å²) in [5.74, 6) is -0.274. The van der Waals surface area contributed by atoms with Crippen molar-refractivity contribution in [2.24, 2.45) is 0 Å². The predicted octanol–water partition coefficient (Wildman–Crippen LogP) is 4.56. The van der Waals surface area contributed by atoms with E-state index < -0.39 is 5.60 Å². The standard InChI is InChI=1S/C17H27NO2/c1-4-5-6-7-8-13-17(2,3)20-16(19)14-9-11-15(18)12-10-14/h9-12H,4-8,13,18H2,1-3H3. The maximum Gasteiger partial charge on any atom is 0.338 e. The van der Waals surface area contributed by atoms with Crippen molar-refractivity contribution in [3.8, 4) is 0 Å². The summed E-state index contributed by atoms with van der Waals surface area (Å²) in [6.07, 6.45) is 7.00. The lowest BCUT2D eigenvalue weighted by molar-refractivity contribution is -0.00549. The molecule has 0 aliphatic heterocycles. The van der Waals surface area contributed by atoms with Crippen LogP contribution in [-0.2, 0) is 4.74 Å². The third-order valence-electron chi connectivity index (χ3n) is 3.40. The molecule has 0 unspecified atom stereocenters. The first-order chi connectivity index (χ1) is 9.44. The third kappa shape index (κ3) is 6.09. The van der Waals surface area contributed by atoms with Crippen molar-refractivity contribution in [1.29, 1.82) is 0 Å². The van der Waals surface area contributed by atoms with Gasteiger partial charge in [-0.25, -0.2) is 4.79 Å². The molecule has 0 atom stereocenters. The van der Waals surface area contributed by atoms with E-state index in [0.717, 1.165) is 12.8 Å². The molecule has 2 N–H and O–H groups in total. The highest BCUT2D eigenvalue weighted by molar-refractivity contribution is 5.90. The van der Waals surface area contributed by atoms with Gasteiger partial charge in [0.05, 0.1) is 5.56 Å². The van der Waals surface area contributed by atoms with Gasteiger partial charge in [-0.1, -0.05) is 32.6 Å². The maximum absolute atomic E-state index is 12.0. The fourth-order valence-electron chi connectivity index (χ4n) is 2.13. The summed E-state index contributed by atoms with van der Waals surface area (Å²) in [7, 11) is 0. The van der Waals surface area contributed by atoms with E-state index in [1.165, 1.54) is 25.7 Å². The Morgan fingerprint density at radius 2 is 1.70 bits per heavy atom. The predicted molar refractivity (Wildman–Crippen MR) is 83.7 cm³/mol. The molecule has 0 heterocycles. The first kappa shape index (κ1) is 16.5. The largest absolute Gasteiger partial charge is 0.456 e. The smallest absolute Gasteiger partial charge is 0.338 e. The van der Waals surface area contributed by atoms with Gasteiger partial charge in [0, 0.05) is 5.69 Å². The molecule has 0 bridgehead atoms. The summed E-state index contributed by atoms with van der Waals surface area (Å²) in [6, 6.07) is 6.84. The van der Waals surface area contributed by atoms with Crippen LogP contribution in [-0.4, -0.2) is 11.6 Å². The van der Waals surface area contributed by atoms with E-state index in [0.29, 0.717) is 11.3 Å². The Bertz CT molecular complexity index is 410. The average Bonchev–Trinajstić information content (AvgIpc) is 2.38. The van der Waals surface area contributed by atoms with Gasteiger partial charge in [-0.3, -0.25) is 0 Å². The lowest BCUT2D eigenvalue weighted by atomic mass is 9.99. The number of carbonyl (C=O) groups is 1. The van der Waals surface area contributed by atoms with Crippen molar-refractivity contribution in [3.05, 3.63) is 29.8 Å². The molecule has 0 amide bonds. The van der Waals surface area contributed by atoms with E-state index in [4.69, 9.17) is 10.5 Å². The van der Waals surface area contributed by atoms with Gasteiger partial charge in [0.2, 0.25) is 0 Å². The number of nitrogens with two attached hydrogens (primary N) is 1. The Morgan fingerprint density at radius 3 is 2.30 bits per heavy atom.